The van der Waals surface area contributed by atoms with Gasteiger partial charge in [-0.05, 0) is 43.2 Å². The lowest BCUT2D eigenvalue weighted by Gasteiger charge is -2.17. The zero-order valence-electron chi connectivity index (χ0n) is 12.3. The minimum absolute atomic E-state index is 0.258. The van der Waals surface area contributed by atoms with E-state index in [9.17, 15) is 5.11 Å². The molecule has 1 unspecified atom stereocenters. The summed E-state index contributed by atoms with van der Waals surface area (Å²) < 4.78 is 5.28. The molecular formula is C16H19N3O2. The molecule has 3 rings (SSSR count). The third-order valence-corrected chi connectivity index (χ3v) is 3.78. The van der Waals surface area contributed by atoms with Crippen molar-refractivity contribution >= 4 is 5.82 Å². The molecule has 0 amide bonds. The average molecular weight is 285 g/mol. The molecule has 1 N–H and O–H groups in total. The lowest BCUT2D eigenvalue weighted by Crippen LogP contribution is -2.22. The van der Waals surface area contributed by atoms with Gasteiger partial charge in [0.1, 0.15) is 11.6 Å². The minimum atomic E-state index is -0.258. The van der Waals surface area contributed by atoms with E-state index in [-0.39, 0.29) is 6.10 Å². The molecule has 0 aliphatic carbocycles. The number of aryl methyl sites for hydroxylation is 1. The Bertz CT molecular complexity index is 645. The van der Waals surface area contributed by atoms with Crippen molar-refractivity contribution in [1.29, 1.82) is 0 Å². The monoisotopic (exact) mass is 285 g/mol. The predicted octanol–water partition coefficient (Wildman–Crippen LogP) is 2.03. The highest BCUT2D eigenvalue weighted by Gasteiger charge is 2.21. The van der Waals surface area contributed by atoms with Gasteiger partial charge in [0.25, 0.3) is 0 Å². The van der Waals surface area contributed by atoms with Crippen LogP contribution in [0.15, 0.2) is 30.5 Å². The van der Waals surface area contributed by atoms with Crippen molar-refractivity contribution in [3.8, 4) is 17.1 Å². The Balaban J connectivity index is 1.90. The molecule has 0 spiro atoms. The quantitative estimate of drug-likeness (QED) is 0.935. The van der Waals surface area contributed by atoms with E-state index < -0.39 is 0 Å². The first-order chi connectivity index (χ1) is 10.2. The first-order valence-electron chi connectivity index (χ1n) is 7.08. The second-order valence-corrected chi connectivity index (χ2v) is 5.31. The maximum Gasteiger partial charge on any atom is 0.161 e. The third kappa shape index (κ3) is 2.83. The molecule has 1 fully saturated rings. The number of hydrogen-bond acceptors (Lipinski definition) is 5. The Labute approximate surface area is 124 Å². The van der Waals surface area contributed by atoms with E-state index >= 15 is 0 Å². The van der Waals surface area contributed by atoms with Crippen molar-refractivity contribution in [2.24, 2.45) is 0 Å². The van der Waals surface area contributed by atoms with Crippen LogP contribution in [0, 0.1) is 6.92 Å². The van der Waals surface area contributed by atoms with E-state index in [1.165, 1.54) is 0 Å². The molecule has 110 valence electrons. The molecule has 5 heteroatoms. The summed E-state index contributed by atoms with van der Waals surface area (Å²) in [6.45, 7) is 3.47. The molecule has 1 saturated heterocycles. The van der Waals surface area contributed by atoms with Crippen LogP contribution < -0.4 is 9.64 Å². The Morgan fingerprint density at radius 3 is 2.86 bits per heavy atom. The molecule has 1 aliphatic rings. The molecule has 1 aromatic carbocycles. The highest BCUT2D eigenvalue weighted by molar-refractivity contribution is 5.60. The molecule has 1 atom stereocenters. The molecule has 1 aliphatic heterocycles. The van der Waals surface area contributed by atoms with E-state index in [0.29, 0.717) is 12.4 Å². The summed E-state index contributed by atoms with van der Waals surface area (Å²) in [6.07, 6.45) is 2.30. The van der Waals surface area contributed by atoms with E-state index in [4.69, 9.17) is 4.74 Å². The summed E-state index contributed by atoms with van der Waals surface area (Å²) in [5, 5.41) is 9.64. The molecule has 5 nitrogen and oxygen atoms in total. The number of aliphatic hydroxyl groups excluding tert-OH is 1. The number of ether oxygens (including phenoxy) is 1. The maximum atomic E-state index is 9.64. The summed E-state index contributed by atoms with van der Waals surface area (Å²) in [5.74, 6) is 2.42. The highest BCUT2D eigenvalue weighted by Crippen LogP contribution is 2.25. The van der Waals surface area contributed by atoms with Crippen molar-refractivity contribution in [3.63, 3.8) is 0 Å². The van der Waals surface area contributed by atoms with Crippen LogP contribution in [0.4, 0.5) is 5.82 Å². The number of methoxy groups -OCH3 is 1. The molecule has 0 saturated carbocycles. The number of aliphatic hydroxyl groups is 1. The van der Waals surface area contributed by atoms with Gasteiger partial charge in [-0.15, -0.1) is 0 Å². The topological polar surface area (TPSA) is 58.5 Å². The summed E-state index contributed by atoms with van der Waals surface area (Å²) in [7, 11) is 1.66. The van der Waals surface area contributed by atoms with Crippen LogP contribution in [0.5, 0.6) is 5.75 Å². The van der Waals surface area contributed by atoms with Gasteiger partial charge in [-0.3, -0.25) is 0 Å². The van der Waals surface area contributed by atoms with Gasteiger partial charge in [-0.2, -0.15) is 0 Å². The van der Waals surface area contributed by atoms with Crippen LogP contribution >= 0.6 is 0 Å². The van der Waals surface area contributed by atoms with E-state index in [1.54, 1.807) is 13.3 Å². The van der Waals surface area contributed by atoms with Crippen LogP contribution in [0.1, 0.15) is 12.0 Å². The molecule has 0 bridgehead atoms. The van der Waals surface area contributed by atoms with Gasteiger partial charge in [0.15, 0.2) is 5.82 Å². The van der Waals surface area contributed by atoms with Gasteiger partial charge >= 0.3 is 0 Å². The van der Waals surface area contributed by atoms with Crippen molar-refractivity contribution < 1.29 is 9.84 Å². The van der Waals surface area contributed by atoms with Crippen LogP contribution in [0.3, 0.4) is 0 Å². The molecular weight excluding hydrogens is 266 g/mol. The van der Waals surface area contributed by atoms with E-state index in [1.807, 2.05) is 31.2 Å². The second kappa shape index (κ2) is 5.69. The van der Waals surface area contributed by atoms with Gasteiger partial charge in [0, 0.05) is 24.8 Å². The zero-order valence-corrected chi connectivity index (χ0v) is 12.3. The van der Waals surface area contributed by atoms with Crippen molar-refractivity contribution in [2.45, 2.75) is 19.4 Å². The largest absolute Gasteiger partial charge is 0.496 e. The molecule has 2 heterocycles. The number of benzene rings is 1. The van der Waals surface area contributed by atoms with Crippen LogP contribution in [0.2, 0.25) is 0 Å². The van der Waals surface area contributed by atoms with Gasteiger partial charge in [0.05, 0.1) is 13.2 Å². The SMILES string of the molecule is COc1ccc(-c2nccc(N3CCC(O)C3)n2)cc1C. The number of β-amino-alcohol motifs (C(OH)–C–C–N with tert-alkyl or cyclic N) is 1. The van der Waals surface area contributed by atoms with Crippen LogP contribution in [-0.4, -0.2) is 41.4 Å². The fourth-order valence-corrected chi connectivity index (χ4v) is 2.63. The molecule has 1 aromatic heterocycles. The zero-order chi connectivity index (χ0) is 14.8. The Kier molecular flexibility index (Phi) is 3.75. The Hall–Kier alpha value is -2.14. The predicted molar refractivity (Wildman–Crippen MR) is 81.6 cm³/mol. The maximum absolute atomic E-state index is 9.64. The fraction of sp³-hybridized carbons (Fsp3) is 0.375. The minimum Gasteiger partial charge on any atom is -0.496 e. The fourth-order valence-electron chi connectivity index (χ4n) is 2.63. The summed E-state index contributed by atoms with van der Waals surface area (Å²) in [6, 6.07) is 7.80. The van der Waals surface area contributed by atoms with Crippen LogP contribution in [-0.2, 0) is 0 Å². The number of rotatable bonds is 3. The van der Waals surface area contributed by atoms with Crippen molar-refractivity contribution in [3.05, 3.63) is 36.0 Å². The molecule has 2 aromatic rings. The van der Waals surface area contributed by atoms with E-state index in [0.717, 1.165) is 35.7 Å². The molecule has 0 radical (unpaired) electrons. The van der Waals surface area contributed by atoms with Crippen molar-refractivity contribution in [2.75, 3.05) is 25.1 Å². The highest BCUT2D eigenvalue weighted by atomic mass is 16.5. The average Bonchev–Trinajstić information content (AvgIpc) is 2.94. The summed E-state index contributed by atoms with van der Waals surface area (Å²) in [4.78, 5) is 11.1. The number of aromatic nitrogens is 2. The lowest BCUT2D eigenvalue weighted by atomic mass is 10.1. The van der Waals surface area contributed by atoms with E-state index in [2.05, 4.69) is 14.9 Å². The van der Waals surface area contributed by atoms with Crippen LogP contribution in [0.25, 0.3) is 11.4 Å². The summed E-state index contributed by atoms with van der Waals surface area (Å²) in [5.41, 5.74) is 2.02. The van der Waals surface area contributed by atoms with Gasteiger partial charge in [0.2, 0.25) is 0 Å². The smallest absolute Gasteiger partial charge is 0.161 e. The lowest BCUT2D eigenvalue weighted by molar-refractivity contribution is 0.198. The number of nitrogens with zero attached hydrogens (tertiary/aromatic N) is 3. The van der Waals surface area contributed by atoms with Gasteiger partial charge in [-0.25, -0.2) is 9.97 Å². The third-order valence-electron chi connectivity index (χ3n) is 3.78. The van der Waals surface area contributed by atoms with Crippen molar-refractivity contribution in [1.82, 2.24) is 9.97 Å². The van der Waals surface area contributed by atoms with Gasteiger partial charge in [-0.1, -0.05) is 0 Å². The number of hydrogen-bond donors (Lipinski definition) is 1. The summed E-state index contributed by atoms with van der Waals surface area (Å²) >= 11 is 0. The molecule has 21 heavy (non-hydrogen) atoms. The second-order valence-electron chi connectivity index (χ2n) is 5.31. The Morgan fingerprint density at radius 2 is 2.19 bits per heavy atom. The van der Waals surface area contributed by atoms with Gasteiger partial charge < -0.3 is 14.7 Å². The Morgan fingerprint density at radius 1 is 1.33 bits per heavy atom. The number of anilines is 1. The normalized spacial score (nSPS) is 18.0. The first-order valence-corrected chi connectivity index (χ1v) is 7.08. The first kappa shape index (κ1) is 13.8. The standard InChI is InChI=1S/C16H19N3O2/c1-11-9-12(3-4-14(11)21-2)16-17-7-5-15(18-16)19-8-6-13(20)10-19/h3-5,7,9,13,20H,6,8,10H2,1-2H3.